The molecule has 2 aliphatic heterocycles. The molecule has 0 aromatic heterocycles. The van der Waals surface area contributed by atoms with Gasteiger partial charge in [-0.05, 0) is 17.3 Å². The summed E-state index contributed by atoms with van der Waals surface area (Å²) in [4.78, 5) is 17.3. The van der Waals surface area contributed by atoms with Crippen LogP contribution in [-0.2, 0) is 4.79 Å². The fourth-order valence-electron chi connectivity index (χ4n) is 2.56. The van der Waals surface area contributed by atoms with Crippen LogP contribution < -0.4 is 0 Å². The van der Waals surface area contributed by atoms with Gasteiger partial charge in [0.05, 0.1) is 6.04 Å². The van der Waals surface area contributed by atoms with Crippen LogP contribution in [-0.4, -0.2) is 26.4 Å². The first-order valence-corrected chi connectivity index (χ1v) is 8.54. The van der Waals surface area contributed by atoms with Crippen molar-refractivity contribution >= 4 is 40.5 Å². The number of nitrogens with zero attached hydrogens (tertiary/aromatic N) is 3. The summed E-state index contributed by atoms with van der Waals surface area (Å²) in [6.07, 6.45) is 0. The summed E-state index contributed by atoms with van der Waals surface area (Å²) >= 11 is 5.91. The Bertz CT molecular complexity index is 805. The van der Waals surface area contributed by atoms with Gasteiger partial charge < -0.3 is 0 Å². The Morgan fingerprint density at radius 1 is 1.00 bits per heavy atom. The molecule has 0 unspecified atom stereocenters. The van der Waals surface area contributed by atoms with Crippen LogP contribution in [0.3, 0.4) is 0 Å². The molecule has 114 valence electrons. The van der Waals surface area contributed by atoms with E-state index in [1.54, 1.807) is 0 Å². The topological polar surface area (TPSA) is 45.0 Å². The van der Waals surface area contributed by atoms with Gasteiger partial charge in [-0.2, -0.15) is 22.7 Å². The molecular formula is C17H13N3OS2. The molecule has 0 spiro atoms. The fourth-order valence-corrected chi connectivity index (χ4v) is 3.84. The molecule has 0 bridgehead atoms. The Hall–Kier alpha value is -2.05. The molecule has 0 fully saturated rings. The summed E-state index contributed by atoms with van der Waals surface area (Å²) in [5, 5.41) is 6.68. The second kappa shape index (κ2) is 5.86. The van der Waals surface area contributed by atoms with Crippen LogP contribution in [0.25, 0.3) is 0 Å². The number of benzene rings is 2. The summed E-state index contributed by atoms with van der Waals surface area (Å²) in [6.45, 7) is 0. The maximum Gasteiger partial charge on any atom is 0.264 e. The Morgan fingerprint density at radius 2 is 1.65 bits per heavy atom. The minimum Gasteiger partial charge on any atom is -0.271 e. The molecule has 6 heteroatoms. The third-order valence-corrected chi connectivity index (χ3v) is 5.21. The van der Waals surface area contributed by atoms with E-state index in [2.05, 4.69) is 17.7 Å². The predicted octanol–water partition coefficient (Wildman–Crippen LogP) is 3.33. The first-order valence-electron chi connectivity index (χ1n) is 7.21. The Balaban J connectivity index is 1.70. The molecule has 2 aromatic rings. The molecule has 4 rings (SSSR count). The lowest BCUT2D eigenvalue weighted by Crippen LogP contribution is -2.41. The van der Waals surface area contributed by atoms with Crippen LogP contribution in [0, 0.1) is 0 Å². The Labute approximate surface area is 143 Å². The van der Waals surface area contributed by atoms with Crippen LogP contribution in [0.2, 0.25) is 0 Å². The fraction of sp³-hybridized carbons (Fsp3) is 0.118. The molecule has 0 saturated carbocycles. The minimum absolute atomic E-state index is 0.134. The van der Waals surface area contributed by atoms with Crippen molar-refractivity contribution in [1.82, 2.24) is 5.01 Å². The number of amidine groups is 1. The highest BCUT2D eigenvalue weighted by Crippen LogP contribution is 2.37. The van der Waals surface area contributed by atoms with Gasteiger partial charge in [-0.15, -0.1) is 0 Å². The van der Waals surface area contributed by atoms with Gasteiger partial charge in [-0.3, -0.25) is 9.79 Å². The van der Waals surface area contributed by atoms with Crippen molar-refractivity contribution in [3.63, 3.8) is 0 Å². The number of carbonyl (C=O) groups excluding carboxylic acids is 1. The smallest absolute Gasteiger partial charge is 0.264 e. The normalized spacial score (nSPS) is 23.3. The maximum atomic E-state index is 12.6. The number of hydrogen-bond donors (Lipinski definition) is 1. The largest absolute Gasteiger partial charge is 0.271 e. The van der Waals surface area contributed by atoms with E-state index in [-0.39, 0.29) is 11.9 Å². The van der Waals surface area contributed by atoms with Crippen molar-refractivity contribution in [3.8, 4) is 0 Å². The highest BCUT2D eigenvalue weighted by Gasteiger charge is 2.41. The first-order chi connectivity index (χ1) is 11.2. The Morgan fingerprint density at radius 3 is 2.35 bits per heavy atom. The van der Waals surface area contributed by atoms with Gasteiger partial charge in [0.15, 0.2) is 5.17 Å². The zero-order chi connectivity index (χ0) is 15.8. The highest BCUT2D eigenvalue weighted by atomic mass is 32.2. The number of hydrazone groups is 1. The average molecular weight is 339 g/mol. The molecule has 0 radical (unpaired) electrons. The van der Waals surface area contributed by atoms with Gasteiger partial charge in [0.25, 0.3) is 5.91 Å². The van der Waals surface area contributed by atoms with Crippen molar-refractivity contribution in [3.05, 3.63) is 71.8 Å². The molecular weight excluding hydrogens is 326 g/mol. The number of fused-ring (bicyclic) bond motifs is 1. The van der Waals surface area contributed by atoms with E-state index in [1.807, 2.05) is 60.7 Å². The number of rotatable bonds is 2. The number of thioether (sulfide) groups is 1. The number of hydrogen-bond acceptors (Lipinski definition) is 5. The molecule has 2 heterocycles. The lowest BCUT2D eigenvalue weighted by Gasteiger charge is -2.28. The number of amides is 1. The molecule has 4 nitrogen and oxygen atoms in total. The SMILES string of the molecule is O=C1[C@@H](S)[C@@H](c2ccccc2)N=C2SC(c3ccccc3)=NN12. The first kappa shape index (κ1) is 14.5. The van der Waals surface area contributed by atoms with Crippen molar-refractivity contribution in [2.45, 2.75) is 11.3 Å². The minimum atomic E-state index is -0.527. The molecule has 2 aromatic carbocycles. The quantitative estimate of drug-likeness (QED) is 0.853. The van der Waals surface area contributed by atoms with Crippen LogP contribution in [0.15, 0.2) is 70.8 Å². The zero-order valence-corrected chi connectivity index (χ0v) is 13.7. The summed E-state index contributed by atoms with van der Waals surface area (Å²) in [5.41, 5.74) is 1.97. The summed E-state index contributed by atoms with van der Waals surface area (Å²) in [5.74, 6) is -0.134. The molecule has 1 amide bonds. The van der Waals surface area contributed by atoms with Crippen LogP contribution in [0.5, 0.6) is 0 Å². The van der Waals surface area contributed by atoms with Crippen LogP contribution in [0.4, 0.5) is 0 Å². The van der Waals surface area contributed by atoms with E-state index in [1.165, 1.54) is 16.8 Å². The van der Waals surface area contributed by atoms with Gasteiger partial charge in [0, 0.05) is 5.56 Å². The number of thiol groups is 1. The number of carbonyl (C=O) groups is 1. The standard InChI is InChI=1S/C17H13N3OS2/c21-16-14(22)13(11-7-3-1-4-8-11)18-17-20(16)19-15(23-17)12-9-5-2-6-10-12/h1-10,13-14,22H/t13-,14+/m1/s1. The predicted molar refractivity (Wildman–Crippen MR) is 96.8 cm³/mol. The van der Waals surface area contributed by atoms with Gasteiger partial charge in [0.1, 0.15) is 10.3 Å². The van der Waals surface area contributed by atoms with Gasteiger partial charge in [-0.1, -0.05) is 60.7 Å². The second-order valence-electron chi connectivity index (χ2n) is 5.24. The average Bonchev–Trinajstić information content (AvgIpc) is 3.04. The molecule has 2 aliphatic rings. The van der Waals surface area contributed by atoms with Crippen LogP contribution in [0.1, 0.15) is 17.2 Å². The molecule has 0 aliphatic carbocycles. The lowest BCUT2D eigenvalue weighted by atomic mass is 10.0. The van der Waals surface area contributed by atoms with Crippen molar-refractivity contribution in [2.24, 2.45) is 10.1 Å². The van der Waals surface area contributed by atoms with Crippen LogP contribution >= 0.6 is 24.4 Å². The zero-order valence-electron chi connectivity index (χ0n) is 12.0. The van der Waals surface area contributed by atoms with Crippen molar-refractivity contribution in [1.29, 1.82) is 0 Å². The van der Waals surface area contributed by atoms with E-state index >= 15 is 0 Å². The van der Waals surface area contributed by atoms with E-state index in [0.29, 0.717) is 5.17 Å². The van der Waals surface area contributed by atoms with Crippen molar-refractivity contribution < 1.29 is 4.79 Å². The number of aliphatic imine (C=N–C) groups is 1. The highest BCUT2D eigenvalue weighted by molar-refractivity contribution is 8.27. The third kappa shape index (κ3) is 2.58. The van der Waals surface area contributed by atoms with Gasteiger partial charge in [0.2, 0.25) is 0 Å². The lowest BCUT2D eigenvalue weighted by molar-refractivity contribution is -0.127. The van der Waals surface area contributed by atoms with E-state index in [9.17, 15) is 4.79 Å². The monoisotopic (exact) mass is 339 g/mol. The molecule has 23 heavy (non-hydrogen) atoms. The van der Waals surface area contributed by atoms with E-state index in [0.717, 1.165) is 16.2 Å². The summed E-state index contributed by atoms with van der Waals surface area (Å²) in [6, 6.07) is 19.3. The van der Waals surface area contributed by atoms with Gasteiger partial charge >= 0.3 is 0 Å². The summed E-state index contributed by atoms with van der Waals surface area (Å²) < 4.78 is 0. The molecule has 0 N–H and O–H groups in total. The maximum absolute atomic E-state index is 12.6. The van der Waals surface area contributed by atoms with E-state index < -0.39 is 5.25 Å². The van der Waals surface area contributed by atoms with Gasteiger partial charge in [-0.25, -0.2) is 0 Å². The van der Waals surface area contributed by atoms with E-state index in [4.69, 9.17) is 4.99 Å². The Kier molecular flexibility index (Phi) is 3.71. The molecule has 0 saturated heterocycles. The summed E-state index contributed by atoms with van der Waals surface area (Å²) in [7, 11) is 0. The molecule has 2 atom stereocenters. The van der Waals surface area contributed by atoms with Crippen molar-refractivity contribution in [2.75, 3.05) is 0 Å². The third-order valence-electron chi connectivity index (χ3n) is 3.73. The second-order valence-corrected chi connectivity index (χ2v) is 6.75.